The van der Waals surface area contributed by atoms with E-state index in [9.17, 15) is 0 Å². The van der Waals surface area contributed by atoms with Gasteiger partial charge in [0.25, 0.3) is 0 Å². The van der Waals surface area contributed by atoms with Gasteiger partial charge >= 0.3 is 0 Å². The average Bonchev–Trinajstić information content (AvgIpc) is 2.73. The number of hydrogen-bond acceptors (Lipinski definition) is 3. The van der Waals surface area contributed by atoms with Crippen LogP contribution in [-0.2, 0) is 6.42 Å². The Labute approximate surface area is 156 Å². The highest BCUT2D eigenvalue weighted by Crippen LogP contribution is 2.30. The average molecular weight is 348 g/mol. The monoisotopic (exact) mass is 348 g/mol. The van der Waals surface area contributed by atoms with Crippen molar-refractivity contribution in [2.24, 2.45) is 0 Å². The highest BCUT2D eigenvalue weighted by molar-refractivity contribution is 5.70. The number of rotatable bonds is 4. The smallest absolute Gasteiger partial charge is 0.119 e. The van der Waals surface area contributed by atoms with Crippen LogP contribution in [0.3, 0.4) is 0 Å². The Morgan fingerprint density at radius 3 is 2.46 bits per heavy atom. The minimum Gasteiger partial charge on any atom is -0.497 e. The summed E-state index contributed by atoms with van der Waals surface area (Å²) >= 11 is 0. The van der Waals surface area contributed by atoms with Gasteiger partial charge in [-0.3, -0.25) is 4.90 Å². The summed E-state index contributed by atoms with van der Waals surface area (Å²) in [6.45, 7) is 5.49. The third-order valence-corrected chi connectivity index (χ3v) is 5.66. The van der Waals surface area contributed by atoms with Gasteiger partial charge in [-0.05, 0) is 60.2 Å². The van der Waals surface area contributed by atoms with Gasteiger partial charge in [-0.25, -0.2) is 0 Å². The van der Waals surface area contributed by atoms with Gasteiger partial charge in [-0.1, -0.05) is 30.3 Å². The van der Waals surface area contributed by atoms with Crippen molar-refractivity contribution < 1.29 is 4.74 Å². The second-order valence-corrected chi connectivity index (χ2v) is 7.23. The summed E-state index contributed by atoms with van der Waals surface area (Å²) in [4.78, 5) is 5.04. The Bertz CT molecular complexity index is 758. The van der Waals surface area contributed by atoms with E-state index >= 15 is 0 Å². The molecular weight excluding hydrogens is 320 g/mol. The number of allylic oxidation sites excluding steroid dienone is 1. The molecule has 136 valence electrons. The van der Waals surface area contributed by atoms with E-state index in [4.69, 9.17) is 4.74 Å². The molecule has 3 heteroatoms. The van der Waals surface area contributed by atoms with Crippen molar-refractivity contribution in [3.8, 4) is 5.75 Å². The maximum Gasteiger partial charge on any atom is 0.119 e. The van der Waals surface area contributed by atoms with Gasteiger partial charge in [0, 0.05) is 38.4 Å². The molecule has 0 atom stereocenters. The van der Waals surface area contributed by atoms with E-state index in [1.165, 1.54) is 36.1 Å². The van der Waals surface area contributed by atoms with E-state index < -0.39 is 0 Å². The minimum absolute atomic E-state index is 0.923. The Hall–Kier alpha value is -2.26. The lowest BCUT2D eigenvalue weighted by atomic mass is 9.87. The van der Waals surface area contributed by atoms with Gasteiger partial charge in [-0.2, -0.15) is 0 Å². The molecule has 1 fully saturated rings. The molecule has 0 bridgehead atoms. The van der Waals surface area contributed by atoms with Crippen LogP contribution < -0.4 is 9.64 Å². The van der Waals surface area contributed by atoms with Crippen LogP contribution in [0.5, 0.6) is 5.75 Å². The molecule has 1 aliphatic heterocycles. The van der Waals surface area contributed by atoms with Gasteiger partial charge in [-0.15, -0.1) is 0 Å². The molecule has 3 nitrogen and oxygen atoms in total. The summed E-state index contributed by atoms with van der Waals surface area (Å²) in [5.41, 5.74) is 5.85. The van der Waals surface area contributed by atoms with Crippen molar-refractivity contribution >= 4 is 11.3 Å². The summed E-state index contributed by atoms with van der Waals surface area (Å²) in [6.07, 6.45) is 6.21. The summed E-state index contributed by atoms with van der Waals surface area (Å²) in [7, 11) is 1.72. The molecule has 0 amide bonds. The predicted molar refractivity (Wildman–Crippen MR) is 109 cm³/mol. The maximum atomic E-state index is 5.25. The van der Waals surface area contributed by atoms with Crippen LogP contribution in [0.4, 0.5) is 5.69 Å². The first-order valence-corrected chi connectivity index (χ1v) is 9.72. The Morgan fingerprint density at radius 2 is 1.69 bits per heavy atom. The quantitative estimate of drug-likeness (QED) is 0.822. The summed E-state index contributed by atoms with van der Waals surface area (Å²) < 4.78 is 5.25. The molecule has 1 saturated heterocycles. The number of nitrogens with zero attached hydrogens (tertiary/aromatic N) is 2. The normalized spacial score (nSPS) is 19.4. The van der Waals surface area contributed by atoms with Gasteiger partial charge in [0.05, 0.1) is 7.11 Å². The Morgan fingerprint density at radius 1 is 0.923 bits per heavy atom. The van der Waals surface area contributed by atoms with Crippen molar-refractivity contribution in [3.05, 3.63) is 65.7 Å². The minimum atomic E-state index is 0.923. The van der Waals surface area contributed by atoms with E-state index in [0.717, 1.165) is 38.5 Å². The van der Waals surface area contributed by atoms with Gasteiger partial charge in [0.1, 0.15) is 5.75 Å². The molecule has 0 unspecified atom stereocenters. The van der Waals surface area contributed by atoms with Crippen molar-refractivity contribution in [1.82, 2.24) is 4.90 Å². The Balaban J connectivity index is 1.34. The fraction of sp³-hybridized carbons (Fsp3) is 0.391. The van der Waals surface area contributed by atoms with Gasteiger partial charge in [0.15, 0.2) is 0 Å². The molecule has 0 N–H and O–H groups in total. The number of benzene rings is 2. The van der Waals surface area contributed by atoms with Crippen molar-refractivity contribution in [2.75, 3.05) is 44.7 Å². The highest BCUT2D eigenvalue weighted by atomic mass is 16.5. The maximum absolute atomic E-state index is 5.25. The standard InChI is InChI=1S/C23H28N2O/c1-26-22-11-9-21(10-12-22)25-17-15-24(16-18-25)14-13-20-7-4-6-19-5-2-3-8-23(19)20/h2-3,5,8-13H,4,6-7,14-18H2,1H3. The number of piperazine rings is 1. The van der Waals surface area contributed by atoms with E-state index in [0.29, 0.717) is 0 Å². The molecular formula is C23H28N2O. The SMILES string of the molecule is COc1ccc(N2CCN(CC=C3CCCc4ccccc43)CC2)cc1. The summed E-state index contributed by atoms with van der Waals surface area (Å²) in [5.74, 6) is 0.923. The van der Waals surface area contributed by atoms with Gasteiger partial charge in [0.2, 0.25) is 0 Å². The largest absolute Gasteiger partial charge is 0.497 e. The molecule has 0 radical (unpaired) electrons. The first-order chi connectivity index (χ1) is 12.8. The predicted octanol–water partition coefficient (Wildman–Crippen LogP) is 4.24. The first-order valence-electron chi connectivity index (χ1n) is 9.72. The molecule has 2 aromatic rings. The van der Waals surface area contributed by atoms with Crippen LogP contribution >= 0.6 is 0 Å². The molecule has 0 saturated carbocycles. The van der Waals surface area contributed by atoms with Crippen LogP contribution in [0.25, 0.3) is 5.57 Å². The fourth-order valence-corrected chi connectivity index (χ4v) is 4.09. The first kappa shape index (κ1) is 17.2. The fourth-order valence-electron chi connectivity index (χ4n) is 4.09. The molecule has 26 heavy (non-hydrogen) atoms. The molecule has 0 aromatic heterocycles. The molecule has 1 aliphatic carbocycles. The zero-order valence-corrected chi connectivity index (χ0v) is 15.7. The van der Waals surface area contributed by atoms with Crippen molar-refractivity contribution in [3.63, 3.8) is 0 Å². The van der Waals surface area contributed by atoms with E-state index in [2.05, 4.69) is 52.3 Å². The highest BCUT2D eigenvalue weighted by Gasteiger charge is 2.18. The molecule has 2 aliphatic rings. The number of anilines is 1. The van der Waals surface area contributed by atoms with E-state index in [-0.39, 0.29) is 0 Å². The number of fused-ring (bicyclic) bond motifs is 1. The van der Waals surface area contributed by atoms with Crippen LogP contribution in [0.2, 0.25) is 0 Å². The number of hydrogen-bond donors (Lipinski definition) is 0. The molecule has 1 heterocycles. The number of methoxy groups -OCH3 is 1. The lowest BCUT2D eigenvalue weighted by molar-refractivity contribution is 0.284. The topological polar surface area (TPSA) is 15.7 Å². The third kappa shape index (κ3) is 3.78. The van der Waals surface area contributed by atoms with Crippen LogP contribution in [0.15, 0.2) is 54.6 Å². The second-order valence-electron chi connectivity index (χ2n) is 7.23. The van der Waals surface area contributed by atoms with Gasteiger partial charge < -0.3 is 9.64 Å². The number of aryl methyl sites for hydroxylation is 1. The zero-order chi connectivity index (χ0) is 17.8. The second kappa shape index (κ2) is 7.96. The van der Waals surface area contributed by atoms with Crippen LogP contribution in [0, 0.1) is 0 Å². The van der Waals surface area contributed by atoms with Crippen molar-refractivity contribution in [1.29, 1.82) is 0 Å². The molecule has 4 rings (SSSR count). The zero-order valence-electron chi connectivity index (χ0n) is 15.7. The third-order valence-electron chi connectivity index (χ3n) is 5.66. The summed E-state index contributed by atoms with van der Waals surface area (Å²) in [5, 5.41) is 0. The van der Waals surface area contributed by atoms with Crippen LogP contribution in [0.1, 0.15) is 24.0 Å². The lowest BCUT2D eigenvalue weighted by Gasteiger charge is -2.36. The van der Waals surface area contributed by atoms with E-state index in [1.54, 1.807) is 12.7 Å². The van der Waals surface area contributed by atoms with E-state index in [1.807, 2.05) is 12.1 Å². The molecule has 0 spiro atoms. The summed E-state index contributed by atoms with van der Waals surface area (Å²) in [6, 6.07) is 17.3. The number of ether oxygens (including phenoxy) is 1. The Kier molecular flexibility index (Phi) is 5.26. The van der Waals surface area contributed by atoms with Crippen molar-refractivity contribution in [2.45, 2.75) is 19.3 Å². The lowest BCUT2D eigenvalue weighted by Crippen LogP contribution is -2.46. The molecule has 2 aromatic carbocycles. The van der Waals surface area contributed by atoms with Crippen LogP contribution in [-0.4, -0.2) is 44.7 Å².